The lowest BCUT2D eigenvalue weighted by Gasteiger charge is -2.00. The quantitative estimate of drug-likeness (QED) is 0.528. The number of rotatable bonds is 3. The maximum Gasteiger partial charge on any atom is 0.184 e. The van der Waals surface area contributed by atoms with Gasteiger partial charge in [0.25, 0.3) is 0 Å². The molecule has 0 aliphatic rings. The summed E-state index contributed by atoms with van der Waals surface area (Å²) in [5.41, 5.74) is 0.604. The predicted molar refractivity (Wildman–Crippen MR) is 79.1 cm³/mol. The third kappa shape index (κ3) is 3.33. The van der Waals surface area contributed by atoms with E-state index in [9.17, 15) is 5.11 Å². The van der Waals surface area contributed by atoms with Crippen LogP contribution in [0.4, 0.5) is 0 Å². The molecule has 0 aliphatic heterocycles. The molecule has 0 spiro atoms. The highest BCUT2D eigenvalue weighted by molar-refractivity contribution is 5.72. The van der Waals surface area contributed by atoms with Gasteiger partial charge in [-0.25, -0.2) is 14.6 Å². The molecule has 0 radical (unpaired) electrons. The maximum absolute atomic E-state index is 9.74. The van der Waals surface area contributed by atoms with Gasteiger partial charge in [-0.3, -0.25) is 0 Å². The van der Waals surface area contributed by atoms with Gasteiger partial charge in [0, 0.05) is 6.20 Å². The fourth-order valence-corrected chi connectivity index (χ4v) is 1.53. The zero-order valence-corrected chi connectivity index (χ0v) is 11.4. The molecule has 2 aromatic heterocycles. The van der Waals surface area contributed by atoms with Crippen LogP contribution >= 0.6 is 0 Å². The Morgan fingerprint density at radius 3 is 2.50 bits per heavy atom. The van der Waals surface area contributed by atoms with E-state index in [-0.39, 0.29) is 5.76 Å². The number of hydrogen-bond donors (Lipinski definition) is 1. The number of aliphatic hydroxyl groups is 1. The van der Waals surface area contributed by atoms with Gasteiger partial charge in [0.05, 0.1) is 5.57 Å². The Balaban J connectivity index is 0.000000956. The van der Waals surface area contributed by atoms with Crippen molar-refractivity contribution in [2.75, 3.05) is 0 Å². The van der Waals surface area contributed by atoms with Gasteiger partial charge in [-0.05, 0) is 32.1 Å². The minimum absolute atomic E-state index is 0.163. The molecule has 102 valence electrons. The Bertz CT molecular complexity index is 624. The van der Waals surface area contributed by atoms with Crippen LogP contribution in [0.1, 0.15) is 19.7 Å². The second-order valence-electron chi connectivity index (χ2n) is 3.58. The van der Waals surface area contributed by atoms with Gasteiger partial charge >= 0.3 is 0 Å². The summed E-state index contributed by atoms with van der Waals surface area (Å²) in [4.78, 5) is 8.35. The van der Waals surface area contributed by atoms with Crippen molar-refractivity contribution in [3.8, 4) is 18.7 Å². The van der Waals surface area contributed by atoms with E-state index >= 15 is 0 Å². The molecule has 0 fully saturated rings. The Hall–Kier alpha value is -2.87. The van der Waals surface area contributed by atoms with Gasteiger partial charge < -0.3 is 5.11 Å². The number of hydrogen-bond acceptors (Lipinski definition) is 4. The van der Waals surface area contributed by atoms with E-state index in [1.807, 2.05) is 25.1 Å². The van der Waals surface area contributed by atoms with Gasteiger partial charge in [-0.2, -0.15) is 0 Å². The molecule has 0 bridgehead atoms. The molecule has 5 heteroatoms. The average molecular weight is 268 g/mol. The highest BCUT2D eigenvalue weighted by Crippen LogP contribution is 2.17. The highest BCUT2D eigenvalue weighted by atomic mass is 16.3. The molecular weight excluding hydrogens is 252 g/mol. The molecular formula is C15H16N4O. The monoisotopic (exact) mass is 268 g/mol. The smallest absolute Gasteiger partial charge is 0.184 e. The zero-order valence-electron chi connectivity index (χ0n) is 11.4. The first kappa shape index (κ1) is 15.2. The van der Waals surface area contributed by atoms with Gasteiger partial charge in [0.2, 0.25) is 0 Å². The van der Waals surface area contributed by atoms with Gasteiger partial charge in [-0.15, -0.1) is 17.9 Å². The number of aliphatic hydroxyl groups excluding tert-OH is 1. The minimum Gasteiger partial charge on any atom is -0.508 e. The fraction of sp³-hybridized carbons (Fsp3) is 0.133. The fourth-order valence-electron chi connectivity index (χ4n) is 1.53. The zero-order chi connectivity index (χ0) is 15.0. The van der Waals surface area contributed by atoms with Crippen molar-refractivity contribution in [3.05, 3.63) is 54.5 Å². The van der Waals surface area contributed by atoms with E-state index in [1.165, 1.54) is 0 Å². The highest BCUT2D eigenvalue weighted by Gasteiger charge is 2.11. The molecule has 0 saturated heterocycles. The average Bonchev–Trinajstić information content (AvgIpc) is 3.00. The summed E-state index contributed by atoms with van der Waals surface area (Å²) in [7, 11) is 0. The normalized spacial score (nSPS) is 11.6. The summed E-state index contributed by atoms with van der Waals surface area (Å²) >= 11 is 0. The van der Waals surface area contributed by atoms with E-state index in [2.05, 4.69) is 27.9 Å². The van der Waals surface area contributed by atoms with E-state index < -0.39 is 0 Å². The van der Waals surface area contributed by atoms with E-state index in [0.29, 0.717) is 17.2 Å². The summed E-state index contributed by atoms with van der Waals surface area (Å²) in [6.07, 6.45) is 14.6. The molecule has 0 aliphatic carbocycles. The third-order valence-corrected chi connectivity index (χ3v) is 2.45. The Kier molecular flexibility index (Phi) is 5.73. The molecule has 2 aromatic rings. The number of allylic oxidation sites excluding steroid dienone is 3. The van der Waals surface area contributed by atoms with E-state index in [4.69, 9.17) is 0 Å². The van der Waals surface area contributed by atoms with Crippen molar-refractivity contribution >= 4 is 5.57 Å². The molecule has 0 saturated carbocycles. The van der Waals surface area contributed by atoms with Crippen molar-refractivity contribution < 1.29 is 5.11 Å². The molecule has 0 amide bonds. The number of terminal acetylenes is 1. The van der Waals surface area contributed by atoms with Crippen LogP contribution in [0.3, 0.4) is 0 Å². The van der Waals surface area contributed by atoms with Crippen LogP contribution in [0.15, 0.2) is 48.6 Å². The van der Waals surface area contributed by atoms with Gasteiger partial charge in [-0.1, -0.05) is 12.1 Å². The minimum atomic E-state index is 0.163. The molecule has 1 N–H and O–H groups in total. The molecule has 0 aromatic carbocycles. The van der Waals surface area contributed by atoms with E-state index in [0.717, 1.165) is 0 Å². The predicted octanol–water partition coefficient (Wildman–Crippen LogP) is 2.78. The molecule has 2 rings (SSSR count). The maximum atomic E-state index is 9.74. The van der Waals surface area contributed by atoms with Crippen LogP contribution in [0.5, 0.6) is 0 Å². The van der Waals surface area contributed by atoms with Crippen molar-refractivity contribution in [2.45, 2.75) is 13.8 Å². The summed E-state index contributed by atoms with van der Waals surface area (Å²) in [6.45, 7) is 3.59. The van der Waals surface area contributed by atoms with Crippen LogP contribution in [0, 0.1) is 12.8 Å². The Morgan fingerprint density at radius 2 is 1.95 bits per heavy atom. The summed E-state index contributed by atoms with van der Waals surface area (Å²) in [6, 6.07) is 5.55. The third-order valence-electron chi connectivity index (χ3n) is 2.45. The van der Waals surface area contributed by atoms with Crippen molar-refractivity contribution in [3.63, 3.8) is 0 Å². The lowest BCUT2D eigenvalue weighted by Crippen LogP contribution is -1.99. The van der Waals surface area contributed by atoms with Crippen molar-refractivity contribution in [2.24, 2.45) is 0 Å². The first-order valence-corrected chi connectivity index (χ1v) is 5.95. The van der Waals surface area contributed by atoms with Crippen LogP contribution in [0.25, 0.3) is 11.4 Å². The summed E-state index contributed by atoms with van der Waals surface area (Å²) < 4.78 is 1.57. The second-order valence-corrected chi connectivity index (χ2v) is 3.58. The second kappa shape index (κ2) is 7.54. The number of pyridine rings is 1. The summed E-state index contributed by atoms with van der Waals surface area (Å²) in [5, 5.41) is 14.0. The van der Waals surface area contributed by atoms with Crippen LogP contribution < -0.4 is 0 Å². The molecule has 2 heterocycles. The summed E-state index contributed by atoms with van der Waals surface area (Å²) in [5.74, 6) is 1.32. The Morgan fingerprint density at radius 1 is 1.20 bits per heavy atom. The topological polar surface area (TPSA) is 63.8 Å². The first-order chi connectivity index (χ1) is 9.76. The molecule has 0 unspecified atom stereocenters. The molecule has 20 heavy (non-hydrogen) atoms. The lowest BCUT2D eigenvalue weighted by atomic mass is 10.2. The number of nitrogens with zero attached hydrogens (tertiary/aromatic N) is 4. The first-order valence-electron chi connectivity index (χ1n) is 5.95. The van der Waals surface area contributed by atoms with E-state index in [1.54, 1.807) is 36.3 Å². The van der Waals surface area contributed by atoms with Crippen LogP contribution in [-0.4, -0.2) is 24.9 Å². The number of aromatic nitrogens is 4. The van der Waals surface area contributed by atoms with Gasteiger partial charge in [0.15, 0.2) is 11.6 Å². The SMILES string of the molecule is C#C.C/C=C(\C(O)=C/C)c1ncn(-c2ccccn2)n1. The Labute approximate surface area is 118 Å². The van der Waals surface area contributed by atoms with Crippen LogP contribution in [-0.2, 0) is 0 Å². The lowest BCUT2D eigenvalue weighted by molar-refractivity contribution is 0.436. The standard InChI is InChI=1S/C13H14N4O.C2H2/c1-3-10(11(18)4-2)13-15-9-17(16-13)12-7-5-6-8-14-12;1-2/h3-9,18H,1-2H3;1-2H/b10-3+,11-4+;. The van der Waals surface area contributed by atoms with Gasteiger partial charge in [0.1, 0.15) is 12.1 Å². The molecule has 0 atom stereocenters. The molecule has 5 nitrogen and oxygen atoms in total. The largest absolute Gasteiger partial charge is 0.508 e. The van der Waals surface area contributed by atoms with Crippen molar-refractivity contribution in [1.82, 2.24) is 19.7 Å². The van der Waals surface area contributed by atoms with Crippen LogP contribution in [0.2, 0.25) is 0 Å². The van der Waals surface area contributed by atoms with Crippen molar-refractivity contribution in [1.29, 1.82) is 0 Å².